The molecule has 1 aromatic carbocycles. The third-order valence-corrected chi connectivity index (χ3v) is 4.39. The lowest BCUT2D eigenvalue weighted by molar-refractivity contribution is -0.145. The van der Waals surface area contributed by atoms with Crippen LogP contribution in [0.4, 0.5) is 4.79 Å². The van der Waals surface area contributed by atoms with Gasteiger partial charge in [0, 0.05) is 16.6 Å². The summed E-state index contributed by atoms with van der Waals surface area (Å²) in [4.78, 5) is 24.0. The molecule has 7 nitrogen and oxygen atoms in total. The van der Waals surface area contributed by atoms with Crippen LogP contribution in [0.1, 0.15) is 38.8 Å². The van der Waals surface area contributed by atoms with Crippen LogP contribution in [0.2, 0.25) is 0 Å². The van der Waals surface area contributed by atoms with E-state index in [4.69, 9.17) is 14.7 Å². The first-order chi connectivity index (χ1) is 12.1. The minimum atomic E-state index is -1.43. The molecule has 0 fully saturated rings. The van der Waals surface area contributed by atoms with Crippen LogP contribution in [0.25, 0.3) is 0 Å². The normalized spacial score (nSPS) is 13.2. The van der Waals surface area contributed by atoms with Gasteiger partial charge in [-0.25, -0.2) is 9.59 Å². The van der Waals surface area contributed by atoms with Gasteiger partial charge in [0.1, 0.15) is 11.6 Å². The van der Waals surface area contributed by atoms with E-state index in [1.54, 1.807) is 52.0 Å². The monoisotopic (exact) mass is 380 g/mol. The van der Waals surface area contributed by atoms with Gasteiger partial charge in [0.25, 0.3) is 0 Å². The topological polar surface area (TPSA) is 105 Å². The fourth-order valence-corrected chi connectivity index (χ4v) is 3.24. The predicted molar refractivity (Wildman–Crippen MR) is 97.7 cm³/mol. The molecule has 0 aliphatic carbocycles. The average Bonchev–Trinajstić information content (AvgIpc) is 2.53. The van der Waals surface area contributed by atoms with E-state index in [0.29, 0.717) is 5.56 Å². The van der Waals surface area contributed by atoms with Crippen molar-refractivity contribution in [1.29, 1.82) is 5.26 Å². The SMILES string of the molecule is CCOC(=O)[C@H](C[S@](=O)Cc1ccc(C#N)cc1)NC(=O)OC(C)(C)C. The van der Waals surface area contributed by atoms with Gasteiger partial charge in [-0.05, 0) is 45.4 Å². The molecule has 0 aliphatic heterocycles. The maximum absolute atomic E-state index is 12.4. The highest BCUT2D eigenvalue weighted by Gasteiger charge is 2.27. The molecule has 0 aliphatic rings. The van der Waals surface area contributed by atoms with Crippen LogP contribution in [0, 0.1) is 11.3 Å². The summed E-state index contributed by atoms with van der Waals surface area (Å²) in [5, 5.41) is 11.2. The zero-order valence-corrected chi connectivity index (χ0v) is 16.2. The van der Waals surface area contributed by atoms with Crippen molar-refractivity contribution in [3.8, 4) is 6.07 Å². The second kappa shape index (κ2) is 9.92. The number of benzene rings is 1. The molecule has 0 unspecified atom stereocenters. The van der Waals surface area contributed by atoms with Crippen LogP contribution in [-0.4, -0.2) is 40.3 Å². The smallest absolute Gasteiger partial charge is 0.408 e. The molecule has 8 heteroatoms. The molecule has 0 bridgehead atoms. The van der Waals surface area contributed by atoms with E-state index >= 15 is 0 Å². The number of nitrogens with one attached hydrogen (secondary N) is 1. The van der Waals surface area contributed by atoms with Gasteiger partial charge in [-0.3, -0.25) is 4.21 Å². The van der Waals surface area contributed by atoms with E-state index < -0.39 is 34.5 Å². The summed E-state index contributed by atoms with van der Waals surface area (Å²) in [5.74, 6) is -0.568. The van der Waals surface area contributed by atoms with Crippen molar-refractivity contribution in [1.82, 2.24) is 5.32 Å². The minimum Gasteiger partial charge on any atom is -0.464 e. The molecule has 1 amide bonds. The number of hydrogen-bond donors (Lipinski definition) is 1. The van der Waals surface area contributed by atoms with E-state index in [0.717, 1.165) is 5.56 Å². The van der Waals surface area contributed by atoms with Crippen LogP contribution in [-0.2, 0) is 30.8 Å². The van der Waals surface area contributed by atoms with Crippen molar-refractivity contribution in [2.24, 2.45) is 0 Å². The van der Waals surface area contributed by atoms with Crippen molar-refractivity contribution in [2.45, 2.75) is 45.1 Å². The quantitative estimate of drug-likeness (QED) is 0.728. The molecule has 1 N–H and O–H groups in total. The van der Waals surface area contributed by atoms with Gasteiger partial charge in [0.2, 0.25) is 0 Å². The number of hydrogen-bond acceptors (Lipinski definition) is 6. The summed E-state index contributed by atoms with van der Waals surface area (Å²) < 4.78 is 22.5. The molecule has 1 rings (SSSR count). The second-order valence-electron chi connectivity index (χ2n) is 6.51. The van der Waals surface area contributed by atoms with Crippen LogP contribution < -0.4 is 5.32 Å². The van der Waals surface area contributed by atoms with Gasteiger partial charge in [0.05, 0.1) is 24.0 Å². The number of nitrogens with zero attached hydrogens (tertiary/aromatic N) is 1. The number of rotatable bonds is 7. The van der Waals surface area contributed by atoms with Gasteiger partial charge in [-0.15, -0.1) is 0 Å². The fourth-order valence-electron chi connectivity index (χ4n) is 1.97. The van der Waals surface area contributed by atoms with Crippen molar-refractivity contribution < 1.29 is 23.3 Å². The number of alkyl carbamates (subject to hydrolysis) is 1. The van der Waals surface area contributed by atoms with Gasteiger partial charge < -0.3 is 14.8 Å². The average molecular weight is 380 g/mol. The Morgan fingerprint density at radius 2 is 1.88 bits per heavy atom. The Balaban J connectivity index is 2.74. The standard InChI is InChI=1S/C18H24N2O5S/c1-5-24-16(21)15(20-17(22)25-18(2,3)4)12-26(23)11-14-8-6-13(10-19)7-9-14/h6-9,15H,5,11-12H2,1-4H3,(H,20,22)/t15-,26+/m0/s1. The van der Waals surface area contributed by atoms with E-state index in [1.165, 1.54) is 0 Å². The van der Waals surface area contributed by atoms with Crippen molar-refractivity contribution >= 4 is 22.9 Å². The Morgan fingerprint density at radius 1 is 1.27 bits per heavy atom. The summed E-state index contributed by atoms with van der Waals surface area (Å²) in [5.41, 5.74) is 0.558. The number of amides is 1. The Labute approximate surface area is 156 Å². The summed E-state index contributed by atoms with van der Waals surface area (Å²) in [7, 11) is -1.43. The second-order valence-corrected chi connectivity index (χ2v) is 8.01. The van der Waals surface area contributed by atoms with Crippen LogP contribution in [0.5, 0.6) is 0 Å². The number of ether oxygens (including phenoxy) is 2. The van der Waals surface area contributed by atoms with Crippen LogP contribution in [0.3, 0.4) is 0 Å². The molecule has 0 heterocycles. The van der Waals surface area contributed by atoms with Gasteiger partial charge in [-0.2, -0.15) is 5.26 Å². The maximum atomic E-state index is 12.4. The lowest BCUT2D eigenvalue weighted by Gasteiger charge is -2.22. The molecular formula is C18H24N2O5S. The maximum Gasteiger partial charge on any atom is 0.408 e. The highest BCUT2D eigenvalue weighted by atomic mass is 32.2. The summed E-state index contributed by atoms with van der Waals surface area (Å²) in [6.07, 6.45) is -0.772. The fraction of sp³-hybridized carbons (Fsp3) is 0.500. The molecule has 26 heavy (non-hydrogen) atoms. The predicted octanol–water partition coefficient (Wildman–Crippen LogP) is 2.26. The summed E-state index contributed by atoms with van der Waals surface area (Å²) in [6.45, 7) is 6.91. The van der Waals surface area contributed by atoms with Crippen molar-refractivity contribution in [3.63, 3.8) is 0 Å². The Kier molecular flexibility index (Phi) is 8.26. The molecule has 1 aromatic rings. The first kappa shape index (κ1) is 21.6. The molecule has 0 spiro atoms. The van der Waals surface area contributed by atoms with E-state index in [-0.39, 0.29) is 18.1 Å². The minimum absolute atomic E-state index is 0.0991. The highest BCUT2D eigenvalue weighted by Crippen LogP contribution is 2.09. The largest absolute Gasteiger partial charge is 0.464 e. The number of carbonyl (C=O) groups excluding carboxylic acids is 2. The lowest BCUT2D eigenvalue weighted by Crippen LogP contribution is -2.47. The zero-order chi connectivity index (χ0) is 19.7. The van der Waals surface area contributed by atoms with E-state index in [9.17, 15) is 13.8 Å². The Morgan fingerprint density at radius 3 is 2.38 bits per heavy atom. The first-order valence-electron chi connectivity index (χ1n) is 8.14. The molecule has 2 atom stereocenters. The van der Waals surface area contributed by atoms with Gasteiger partial charge >= 0.3 is 12.1 Å². The van der Waals surface area contributed by atoms with Gasteiger partial charge in [-0.1, -0.05) is 12.1 Å². The number of esters is 1. The zero-order valence-electron chi connectivity index (χ0n) is 15.4. The third kappa shape index (κ3) is 8.12. The lowest BCUT2D eigenvalue weighted by atomic mass is 10.2. The summed E-state index contributed by atoms with van der Waals surface area (Å²) in [6, 6.07) is 7.62. The van der Waals surface area contributed by atoms with Crippen LogP contribution >= 0.6 is 0 Å². The summed E-state index contributed by atoms with van der Waals surface area (Å²) >= 11 is 0. The Bertz CT molecular complexity index is 689. The molecule has 0 saturated heterocycles. The molecular weight excluding hydrogens is 356 g/mol. The third-order valence-electron chi connectivity index (χ3n) is 3.03. The molecule has 0 saturated carbocycles. The highest BCUT2D eigenvalue weighted by molar-refractivity contribution is 7.84. The number of carbonyl (C=O) groups is 2. The molecule has 142 valence electrons. The first-order valence-corrected chi connectivity index (χ1v) is 9.63. The number of nitriles is 1. The van der Waals surface area contributed by atoms with Crippen molar-refractivity contribution in [2.75, 3.05) is 12.4 Å². The molecule has 0 radical (unpaired) electrons. The Hall–Kier alpha value is -2.40. The van der Waals surface area contributed by atoms with E-state index in [2.05, 4.69) is 5.32 Å². The molecule has 0 aromatic heterocycles. The van der Waals surface area contributed by atoms with Crippen LogP contribution in [0.15, 0.2) is 24.3 Å². The van der Waals surface area contributed by atoms with E-state index in [1.807, 2.05) is 6.07 Å². The van der Waals surface area contributed by atoms with Crippen molar-refractivity contribution in [3.05, 3.63) is 35.4 Å². The van der Waals surface area contributed by atoms with Gasteiger partial charge in [0.15, 0.2) is 0 Å².